The van der Waals surface area contributed by atoms with Gasteiger partial charge < -0.3 is 20.8 Å². The van der Waals surface area contributed by atoms with Crippen molar-refractivity contribution in [2.75, 3.05) is 13.2 Å². The first-order chi connectivity index (χ1) is 12.5. The van der Waals surface area contributed by atoms with Crippen LogP contribution in [0, 0.1) is 0 Å². The zero-order valence-electron chi connectivity index (χ0n) is 13.8. The SMILES string of the molecule is NC(=O)c1cc(Cl)ccc1OCC(=O)NCCc1nc2ccccc2[nH]1. The minimum absolute atomic E-state index is 0.132. The van der Waals surface area contributed by atoms with Gasteiger partial charge in [0.25, 0.3) is 11.8 Å². The van der Waals surface area contributed by atoms with E-state index in [1.54, 1.807) is 6.07 Å². The number of primary amides is 1. The maximum atomic E-state index is 11.9. The lowest BCUT2D eigenvalue weighted by Gasteiger charge is -2.10. The average Bonchev–Trinajstić information content (AvgIpc) is 3.03. The van der Waals surface area contributed by atoms with Crippen LogP contribution in [0.15, 0.2) is 42.5 Å². The van der Waals surface area contributed by atoms with Crippen LogP contribution in [0.1, 0.15) is 16.2 Å². The van der Waals surface area contributed by atoms with Crippen molar-refractivity contribution in [3.63, 3.8) is 0 Å². The van der Waals surface area contributed by atoms with Gasteiger partial charge in [0.15, 0.2) is 6.61 Å². The molecule has 0 bridgehead atoms. The van der Waals surface area contributed by atoms with E-state index < -0.39 is 5.91 Å². The molecule has 3 rings (SSSR count). The normalized spacial score (nSPS) is 10.7. The fourth-order valence-electron chi connectivity index (χ4n) is 2.46. The summed E-state index contributed by atoms with van der Waals surface area (Å²) in [4.78, 5) is 30.9. The summed E-state index contributed by atoms with van der Waals surface area (Å²) in [5.74, 6) is 0.0229. The number of aromatic amines is 1. The minimum atomic E-state index is -0.673. The Morgan fingerprint density at radius 1 is 1.23 bits per heavy atom. The number of halogens is 1. The molecule has 7 nitrogen and oxygen atoms in total. The van der Waals surface area contributed by atoms with Gasteiger partial charge in [-0.15, -0.1) is 0 Å². The number of imidazole rings is 1. The highest BCUT2D eigenvalue weighted by Gasteiger charge is 2.12. The van der Waals surface area contributed by atoms with Crippen LogP contribution in [0.25, 0.3) is 11.0 Å². The lowest BCUT2D eigenvalue weighted by molar-refractivity contribution is -0.123. The Hall–Kier alpha value is -3.06. The van der Waals surface area contributed by atoms with Gasteiger partial charge in [0, 0.05) is 18.0 Å². The van der Waals surface area contributed by atoms with Gasteiger partial charge in [0.05, 0.1) is 16.6 Å². The number of nitrogens with one attached hydrogen (secondary N) is 2. The Kier molecular flexibility index (Phi) is 5.38. The van der Waals surface area contributed by atoms with E-state index in [0.29, 0.717) is 18.0 Å². The minimum Gasteiger partial charge on any atom is -0.483 e. The number of para-hydroxylation sites is 2. The van der Waals surface area contributed by atoms with Crippen LogP contribution in [0.2, 0.25) is 5.02 Å². The molecule has 0 radical (unpaired) electrons. The lowest BCUT2D eigenvalue weighted by Crippen LogP contribution is -2.31. The van der Waals surface area contributed by atoms with E-state index in [9.17, 15) is 9.59 Å². The van der Waals surface area contributed by atoms with Crippen molar-refractivity contribution in [1.82, 2.24) is 15.3 Å². The molecule has 0 spiro atoms. The summed E-state index contributed by atoms with van der Waals surface area (Å²) in [5.41, 5.74) is 7.25. The van der Waals surface area contributed by atoms with Gasteiger partial charge in [0.1, 0.15) is 11.6 Å². The summed E-state index contributed by atoms with van der Waals surface area (Å²) < 4.78 is 5.37. The highest BCUT2D eigenvalue weighted by molar-refractivity contribution is 6.31. The molecule has 26 heavy (non-hydrogen) atoms. The largest absolute Gasteiger partial charge is 0.483 e. The van der Waals surface area contributed by atoms with Crippen LogP contribution in [-0.4, -0.2) is 34.9 Å². The third-order valence-electron chi connectivity index (χ3n) is 3.69. The number of ether oxygens (including phenoxy) is 1. The maximum absolute atomic E-state index is 11.9. The van der Waals surface area contributed by atoms with Crippen molar-refractivity contribution in [3.8, 4) is 5.75 Å². The van der Waals surface area contributed by atoms with Gasteiger partial charge in [-0.05, 0) is 30.3 Å². The quantitative estimate of drug-likeness (QED) is 0.589. The van der Waals surface area contributed by atoms with Gasteiger partial charge in [-0.2, -0.15) is 0 Å². The number of carbonyl (C=O) groups is 2. The number of amides is 2. The topological polar surface area (TPSA) is 110 Å². The van der Waals surface area contributed by atoms with E-state index in [0.717, 1.165) is 16.9 Å². The van der Waals surface area contributed by atoms with Crippen molar-refractivity contribution in [1.29, 1.82) is 0 Å². The molecule has 1 heterocycles. The summed E-state index contributed by atoms with van der Waals surface area (Å²) in [6, 6.07) is 12.2. The number of hydrogen-bond donors (Lipinski definition) is 3. The molecule has 0 fully saturated rings. The Morgan fingerprint density at radius 2 is 2.04 bits per heavy atom. The molecule has 2 aromatic carbocycles. The maximum Gasteiger partial charge on any atom is 0.257 e. The number of nitrogens with zero attached hydrogens (tertiary/aromatic N) is 1. The first-order valence-electron chi connectivity index (χ1n) is 7.95. The number of nitrogens with two attached hydrogens (primary N) is 1. The molecule has 8 heteroatoms. The van der Waals surface area contributed by atoms with Crippen LogP contribution in [0.3, 0.4) is 0 Å². The van der Waals surface area contributed by atoms with Gasteiger partial charge in [-0.25, -0.2) is 4.98 Å². The third kappa shape index (κ3) is 4.31. The predicted octanol–water partition coefficient (Wildman–Crippen LogP) is 2.05. The van der Waals surface area contributed by atoms with Gasteiger partial charge in [0.2, 0.25) is 0 Å². The molecule has 4 N–H and O–H groups in total. The number of hydrogen-bond acceptors (Lipinski definition) is 4. The number of H-pyrrole nitrogens is 1. The van der Waals surface area contributed by atoms with Gasteiger partial charge >= 0.3 is 0 Å². The zero-order valence-corrected chi connectivity index (χ0v) is 14.5. The molecule has 1 aromatic heterocycles. The molecule has 0 atom stereocenters. The second kappa shape index (κ2) is 7.88. The number of aromatic nitrogens is 2. The molecule has 0 saturated heterocycles. The highest BCUT2D eigenvalue weighted by Crippen LogP contribution is 2.22. The molecular formula is C18H17ClN4O3. The monoisotopic (exact) mass is 372 g/mol. The van der Waals surface area contributed by atoms with Gasteiger partial charge in [-0.1, -0.05) is 23.7 Å². The summed E-state index contributed by atoms with van der Waals surface area (Å²) >= 11 is 5.83. The van der Waals surface area contributed by atoms with Crippen LogP contribution in [0.4, 0.5) is 0 Å². The van der Waals surface area contributed by atoms with Crippen molar-refractivity contribution in [3.05, 3.63) is 58.9 Å². The second-order valence-corrected chi connectivity index (χ2v) is 6.03. The predicted molar refractivity (Wildman–Crippen MR) is 98.3 cm³/mol. The number of carbonyl (C=O) groups excluding carboxylic acids is 2. The van der Waals surface area contributed by atoms with E-state index in [1.807, 2.05) is 24.3 Å². The molecule has 0 aliphatic heterocycles. The van der Waals surface area contributed by atoms with E-state index in [2.05, 4.69) is 15.3 Å². The van der Waals surface area contributed by atoms with E-state index >= 15 is 0 Å². The van der Waals surface area contributed by atoms with Gasteiger partial charge in [-0.3, -0.25) is 9.59 Å². The molecule has 2 amide bonds. The number of rotatable bonds is 7. The smallest absolute Gasteiger partial charge is 0.257 e. The Morgan fingerprint density at radius 3 is 2.81 bits per heavy atom. The van der Waals surface area contributed by atoms with Crippen LogP contribution < -0.4 is 15.8 Å². The van der Waals surface area contributed by atoms with Crippen LogP contribution >= 0.6 is 11.6 Å². The molecule has 0 saturated carbocycles. The van der Waals surface area contributed by atoms with Crippen molar-refractivity contribution in [2.24, 2.45) is 5.73 Å². The Labute approximate surface area is 154 Å². The van der Waals surface area contributed by atoms with E-state index in [4.69, 9.17) is 22.1 Å². The van der Waals surface area contributed by atoms with Crippen molar-refractivity contribution >= 4 is 34.4 Å². The standard InChI is InChI=1S/C18H17ClN4O3/c19-11-5-6-15(12(9-11)18(20)25)26-10-17(24)21-8-7-16-22-13-3-1-2-4-14(13)23-16/h1-6,9H,7-8,10H2,(H2,20,25)(H,21,24)(H,22,23). The fraction of sp³-hybridized carbons (Fsp3) is 0.167. The van der Waals surface area contributed by atoms with Crippen LogP contribution in [-0.2, 0) is 11.2 Å². The fourth-order valence-corrected chi connectivity index (χ4v) is 2.63. The second-order valence-electron chi connectivity index (χ2n) is 5.59. The summed E-state index contributed by atoms with van der Waals surface area (Å²) in [5, 5.41) is 3.10. The molecule has 0 aliphatic carbocycles. The molecule has 3 aromatic rings. The Bertz CT molecular complexity index is 922. The Balaban J connectivity index is 1.49. The van der Waals surface area contributed by atoms with Crippen molar-refractivity contribution < 1.29 is 14.3 Å². The van der Waals surface area contributed by atoms with E-state index in [-0.39, 0.29) is 23.8 Å². The third-order valence-corrected chi connectivity index (χ3v) is 3.92. The molecule has 0 unspecified atom stereocenters. The molecular weight excluding hydrogens is 356 g/mol. The van der Waals surface area contributed by atoms with E-state index in [1.165, 1.54) is 12.1 Å². The average molecular weight is 373 g/mol. The summed E-state index contributed by atoms with van der Waals surface area (Å²) in [7, 11) is 0. The lowest BCUT2D eigenvalue weighted by atomic mass is 10.2. The first-order valence-corrected chi connectivity index (χ1v) is 8.33. The van der Waals surface area contributed by atoms with Crippen LogP contribution in [0.5, 0.6) is 5.75 Å². The summed E-state index contributed by atoms with van der Waals surface area (Å²) in [6.07, 6.45) is 0.563. The number of benzene rings is 2. The van der Waals surface area contributed by atoms with Crippen molar-refractivity contribution in [2.45, 2.75) is 6.42 Å². The molecule has 0 aliphatic rings. The first kappa shape index (κ1) is 17.8. The molecule has 134 valence electrons. The zero-order chi connectivity index (χ0) is 18.5. The highest BCUT2D eigenvalue weighted by atomic mass is 35.5. The number of fused-ring (bicyclic) bond motifs is 1. The summed E-state index contributed by atoms with van der Waals surface area (Å²) in [6.45, 7) is 0.174.